The molecular formula is C15H16ClN3O2. The Hall–Kier alpha value is -1.85. The summed E-state index contributed by atoms with van der Waals surface area (Å²) in [5.41, 5.74) is 1.36. The number of nitrogens with one attached hydrogen (secondary N) is 2. The average molecular weight is 306 g/mol. The third-order valence-corrected chi connectivity index (χ3v) is 3.79. The number of benzene rings is 1. The summed E-state index contributed by atoms with van der Waals surface area (Å²) in [6.07, 6.45) is 3.85. The largest absolute Gasteiger partial charge is 0.376 e. The standard InChI is InChI=1S/C15H16ClN3O2/c16-12-5-6-13(11-4-1-7-17-14(11)12)19-15(20)18-9-10-3-2-8-21-10/h1,4-7,10H,2-3,8-9H2,(H2,18,19,20)/t10-/m0/s1. The van der Waals surface area contributed by atoms with Crippen LogP contribution < -0.4 is 10.6 Å². The van der Waals surface area contributed by atoms with Gasteiger partial charge >= 0.3 is 6.03 Å². The van der Waals surface area contributed by atoms with Gasteiger partial charge in [0, 0.05) is 24.7 Å². The van der Waals surface area contributed by atoms with E-state index >= 15 is 0 Å². The minimum Gasteiger partial charge on any atom is -0.376 e. The van der Waals surface area contributed by atoms with Crippen LogP contribution in [0.15, 0.2) is 30.5 Å². The summed E-state index contributed by atoms with van der Waals surface area (Å²) in [5.74, 6) is 0. The molecule has 1 fully saturated rings. The summed E-state index contributed by atoms with van der Waals surface area (Å²) >= 11 is 6.11. The summed E-state index contributed by atoms with van der Waals surface area (Å²) in [5, 5.41) is 7.04. The number of halogens is 1. The van der Waals surface area contributed by atoms with E-state index in [1.54, 1.807) is 18.3 Å². The molecule has 2 N–H and O–H groups in total. The summed E-state index contributed by atoms with van der Waals surface area (Å²) in [4.78, 5) is 16.2. The van der Waals surface area contributed by atoms with E-state index in [0.717, 1.165) is 24.8 Å². The van der Waals surface area contributed by atoms with Gasteiger partial charge in [0.25, 0.3) is 0 Å². The second-order valence-corrected chi connectivity index (χ2v) is 5.37. The molecule has 1 aliphatic rings. The van der Waals surface area contributed by atoms with Gasteiger partial charge in [0.15, 0.2) is 0 Å². The third-order valence-electron chi connectivity index (χ3n) is 3.48. The fraction of sp³-hybridized carbons (Fsp3) is 0.333. The van der Waals surface area contributed by atoms with Crippen LogP contribution in [0.5, 0.6) is 0 Å². The third kappa shape index (κ3) is 3.25. The number of hydrogen-bond donors (Lipinski definition) is 2. The van der Waals surface area contributed by atoms with Crippen LogP contribution in [-0.2, 0) is 4.74 Å². The van der Waals surface area contributed by atoms with Crippen molar-refractivity contribution in [3.05, 3.63) is 35.5 Å². The van der Waals surface area contributed by atoms with E-state index in [0.29, 0.717) is 22.8 Å². The molecule has 0 aliphatic carbocycles. The number of nitrogens with zero attached hydrogens (tertiary/aromatic N) is 1. The van der Waals surface area contributed by atoms with E-state index in [9.17, 15) is 4.79 Å². The monoisotopic (exact) mass is 305 g/mol. The van der Waals surface area contributed by atoms with Crippen molar-refractivity contribution in [2.45, 2.75) is 18.9 Å². The van der Waals surface area contributed by atoms with Gasteiger partial charge in [-0.2, -0.15) is 0 Å². The van der Waals surface area contributed by atoms with Crippen molar-refractivity contribution < 1.29 is 9.53 Å². The topological polar surface area (TPSA) is 63.2 Å². The summed E-state index contributed by atoms with van der Waals surface area (Å²) in [6, 6.07) is 6.95. The van der Waals surface area contributed by atoms with Crippen LogP contribution in [0.1, 0.15) is 12.8 Å². The number of hydrogen-bond acceptors (Lipinski definition) is 3. The fourth-order valence-corrected chi connectivity index (χ4v) is 2.64. The second-order valence-electron chi connectivity index (χ2n) is 4.96. The molecule has 1 aromatic heterocycles. The van der Waals surface area contributed by atoms with Crippen molar-refractivity contribution in [3.63, 3.8) is 0 Å². The second kappa shape index (κ2) is 6.28. The average Bonchev–Trinajstić information content (AvgIpc) is 3.02. The minimum absolute atomic E-state index is 0.124. The van der Waals surface area contributed by atoms with E-state index in [4.69, 9.17) is 16.3 Å². The molecule has 5 nitrogen and oxygen atoms in total. The number of pyridine rings is 1. The van der Waals surface area contributed by atoms with Crippen molar-refractivity contribution in [1.29, 1.82) is 0 Å². The highest BCUT2D eigenvalue weighted by Crippen LogP contribution is 2.27. The highest BCUT2D eigenvalue weighted by Gasteiger charge is 2.16. The molecule has 0 spiro atoms. The molecule has 0 saturated carbocycles. The number of urea groups is 1. The van der Waals surface area contributed by atoms with Gasteiger partial charge < -0.3 is 15.4 Å². The van der Waals surface area contributed by atoms with Gasteiger partial charge in [-0.05, 0) is 37.1 Å². The van der Waals surface area contributed by atoms with Crippen LogP contribution in [-0.4, -0.2) is 30.3 Å². The van der Waals surface area contributed by atoms with Crippen LogP contribution in [0.25, 0.3) is 10.9 Å². The Morgan fingerprint density at radius 1 is 1.43 bits per heavy atom. The predicted molar refractivity (Wildman–Crippen MR) is 82.7 cm³/mol. The van der Waals surface area contributed by atoms with Crippen molar-refractivity contribution in [2.75, 3.05) is 18.5 Å². The zero-order valence-electron chi connectivity index (χ0n) is 11.4. The van der Waals surface area contributed by atoms with Crippen molar-refractivity contribution >= 4 is 34.2 Å². The van der Waals surface area contributed by atoms with Gasteiger partial charge in [-0.25, -0.2) is 4.79 Å². The number of ether oxygens (including phenoxy) is 1. The number of aromatic nitrogens is 1. The number of carbonyl (C=O) groups excluding carboxylic acids is 1. The SMILES string of the molecule is O=C(NC[C@@H]1CCCO1)Nc1ccc(Cl)c2ncccc12. The maximum absolute atomic E-state index is 12.0. The molecule has 1 aromatic carbocycles. The number of carbonyl (C=O) groups is 1. The lowest BCUT2D eigenvalue weighted by molar-refractivity contribution is 0.112. The first-order valence-corrected chi connectivity index (χ1v) is 7.31. The Morgan fingerprint density at radius 3 is 3.14 bits per heavy atom. The minimum atomic E-state index is -0.252. The van der Waals surface area contributed by atoms with Gasteiger partial charge in [-0.1, -0.05) is 11.6 Å². The van der Waals surface area contributed by atoms with E-state index < -0.39 is 0 Å². The highest BCUT2D eigenvalue weighted by molar-refractivity contribution is 6.35. The summed E-state index contributed by atoms with van der Waals surface area (Å²) in [7, 11) is 0. The molecule has 1 saturated heterocycles. The number of rotatable bonds is 3. The predicted octanol–water partition coefficient (Wildman–Crippen LogP) is 3.19. The van der Waals surface area contributed by atoms with Crippen molar-refractivity contribution in [3.8, 4) is 0 Å². The van der Waals surface area contributed by atoms with Gasteiger partial charge in [0.1, 0.15) is 0 Å². The molecule has 0 bridgehead atoms. The molecular weight excluding hydrogens is 290 g/mol. The molecule has 110 valence electrons. The van der Waals surface area contributed by atoms with Crippen LogP contribution in [0.4, 0.5) is 10.5 Å². The zero-order valence-corrected chi connectivity index (χ0v) is 12.2. The first kappa shape index (κ1) is 14.1. The van der Waals surface area contributed by atoms with Crippen molar-refractivity contribution in [2.24, 2.45) is 0 Å². The van der Waals surface area contributed by atoms with E-state index in [1.165, 1.54) is 0 Å². The Labute approximate surface area is 127 Å². The smallest absolute Gasteiger partial charge is 0.319 e. The summed E-state index contributed by atoms with van der Waals surface area (Å²) in [6.45, 7) is 1.30. The molecule has 2 heterocycles. The van der Waals surface area contributed by atoms with E-state index in [1.807, 2.05) is 12.1 Å². The molecule has 6 heteroatoms. The first-order valence-electron chi connectivity index (χ1n) is 6.94. The molecule has 21 heavy (non-hydrogen) atoms. The maximum atomic E-state index is 12.0. The molecule has 2 aromatic rings. The lowest BCUT2D eigenvalue weighted by atomic mass is 10.2. The molecule has 2 amide bonds. The Morgan fingerprint density at radius 2 is 2.33 bits per heavy atom. The lowest BCUT2D eigenvalue weighted by Gasteiger charge is -2.13. The molecule has 1 aliphatic heterocycles. The van der Waals surface area contributed by atoms with Gasteiger partial charge in [0.05, 0.1) is 22.3 Å². The molecule has 3 rings (SSSR count). The Bertz CT molecular complexity index is 656. The van der Waals surface area contributed by atoms with E-state index in [2.05, 4.69) is 15.6 Å². The number of amides is 2. The molecule has 1 atom stereocenters. The summed E-state index contributed by atoms with van der Waals surface area (Å²) < 4.78 is 5.47. The fourth-order valence-electron chi connectivity index (χ4n) is 2.43. The zero-order chi connectivity index (χ0) is 14.7. The number of fused-ring (bicyclic) bond motifs is 1. The van der Waals surface area contributed by atoms with Gasteiger partial charge in [-0.3, -0.25) is 4.98 Å². The number of anilines is 1. The molecule has 0 radical (unpaired) electrons. The quantitative estimate of drug-likeness (QED) is 0.915. The van der Waals surface area contributed by atoms with Crippen molar-refractivity contribution in [1.82, 2.24) is 10.3 Å². The van der Waals surface area contributed by atoms with Crippen LogP contribution in [0, 0.1) is 0 Å². The lowest BCUT2D eigenvalue weighted by Crippen LogP contribution is -2.35. The van der Waals surface area contributed by atoms with Crippen LogP contribution in [0.3, 0.4) is 0 Å². The highest BCUT2D eigenvalue weighted by atomic mass is 35.5. The van der Waals surface area contributed by atoms with Crippen LogP contribution >= 0.6 is 11.6 Å². The maximum Gasteiger partial charge on any atom is 0.319 e. The van der Waals surface area contributed by atoms with E-state index in [-0.39, 0.29) is 12.1 Å². The van der Waals surface area contributed by atoms with Gasteiger partial charge in [-0.15, -0.1) is 0 Å². The Kier molecular flexibility index (Phi) is 4.22. The first-order chi connectivity index (χ1) is 10.2. The normalized spacial score (nSPS) is 17.9. The van der Waals surface area contributed by atoms with Crippen LogP contribution in [0.2, 0.25) is 5.02 Å². The van der Waals surface area contributed by atoms with Gasteiger partial charge in [0.2, 0.25) is 0 Å². The molecule has 0 unspecified atom stereocenters. The Balaban J connectivity index is 1.69.